The second-order valence-corrected chi connectivity index (χ2v) is 6.98. The Morgan fingerprint density at radius 1 is 1.21 bits per heavy atom. The van der Waals surface area contributed by atoms with E-state index in [2.05, 4.69) is 10.2 Å². The molecule has 0 radical (unpaired) electrons. The summed E-state index contributed by atoms with van der Waals surface area (Å²) in [5.74, 6) is -0.196. The SMILES string of the molecule is O=C1NCN(/C=C/C(F)(F)F)C12CCN(C1CCCCC1O)CC2. The molecule has 2 heterocycles. The Labute approximate surface area is 139 Å². The van der Waals surface area contributed by atoms with Gasteiger partial charge in [0.2, 0.25) is 5.91 Å². The summed E-state index contributed by atoms with van der Waals surface area (Å²) in [7, 11) is 0. The van der Waals surface area contributed by atoms with Crippen LogP contribution in [0.2, 0.25) is 0 Å². The molecule has 0 bridgehead atoms. The summed E-state index contributed by atoms with van der Waals surface area (Å²) >= 11 is 0. The van der Waals surface area contributed by atoms with E-state index in [9.17, 15) is 23.1 Å². The van der Waals surface area contributed by atoms with E-state index in [-0.39, 0.29) is 30.8 Å². The van der Waals surface area contributed by atoms with E-state index < -0.39 is 11.7 Å². The first-order valence-electron chi connectivity index (χ1n) is 8.55. The number of allylic oxidation sites excluding steroid dienone is 1. The van der Waals surface area contributed by atoms with Crippen LogP contribution in [0.5, 0.6) is 0 Å². The molecule has 5 nitrogen and oxygen atoms in total. The van der Waals surface area contributed by atoms with E-state index in [1.807, 2.05) is 0 Å². The lowest BCUT2D eigenvalue weighted by Crippen LogP contribution is -2.58. The zero-order chi connectivity index (χ0) is 17.4. The summed E-state index contributed by atoms with van der Waals surface area (Å²) in [5, 5.41) is 12.9. The quantitative estimate of drug-likeness (QED) is 0.797. The minimum Gasteiger partial charge on any atom is -0.391 e. The Bertz CT molecular complexity index is 501. The van der Waals surface area contributed by atoms with Gasteiger partial charge < -0.3 is 15.3 Å². The molecule has 1 amide bonds. The third-order valence-corrected chi connectivity index (χ3v) is 5.61. The van der Waals surface area contributed by atoms with E-state index in [4.69, 9.17) is 0 Å². The lowest BCUT2D eigenvalue weighted by atomic mass is 9.83. The van der Waals surface area contributed by atoms with Crippen molar-refractivity contribution in [2.75, 3.05) is 19.8 Å². The van der Waals surface area contributed by atoms with Crippen molar-refractivity contribution in [3.05, 3.63) is 12.3 Å². The lowest BCUT2D eigenvalue weighted by Gasteiger charge is -2.46. The van der Waals surface area contributed by atoms with Crippen LogP contribution in [0.1, 0.15) is 38.5 Å². The normalized spacial score (nSPS) is 31.8. The number of aliphatic hydroxyl groups excluding tert-OH is 1. The average Bonchev–Trinajstić information content (AvgIpc) is 2.83. The molecule has 0 aromatic heterocycles. The topological polar surface area (TPSA) is 55.8 Å². The fourth-order valence-electron chi connectivity index (χ4n) is 4.23. The van der Waals surface area contributed by atoms with Gasteiger partial charge in [-0.3, -0.25) is 9.69 Å². The van der Waals surface area contributed by atoms with Gasteiger partial charge in [-0.25, -0.2) is 0 Å². The van der Waals surface area contributed by atoms with Gasteiger partial charge in [-0.2, -0.15) is 13.2 Å². The standard InChI is InChI=1S/C16H24F3N3O2/c17-16(18,19)7-10-22-11-20-14(24)15(22)5-8-21(9-6-15)12-3-1-2-4-13(12)23/h7,10,12-13,23H,1-6,8-9,11H2,(H,20,24)/b10-7+. The number of nitrogens with zero attached hydrogens (tertiary/aromatic N) is 2. The van der Waals surface area contributed by atoms with E-state index >= 15 is 0 Å². The van der Waals surface area contributed by atoms with Crippen molar-refractivity contribution in [3.8, 4) is 0 Å². The molecule has 136 valence electrons. The van der Waals surface area contributed by atoms with E-state index in [1.54, 1.807) is 0 Å². The molecule has 3 aliphatic rings. The number of halogens is 3. The van der Waals surface area contributed by atoms with Gasteiger partial charge in [0.1, 0.15) is 5.54 Å². The highest BCUT2D eigenvalue weighted by molar-refractivity contribution is 5.88. The maximum atomic E-state index is 12.5. The van der Waals surface area contributed by atoms with Crippen LogP contribution in [0.15, 0.2) is 12.3 Å². The summed E-state index contributed by atoms with van der Waals surface area (Å²) in [6.45, 7) is 1.34. The van der Waals surface area contributed by atoms with E-state index in [0.29, 0.717) is 25.9 Å². The third-order valence-electron chi connectivity index (χ3n) is 5.61. The highest BCUT2D eigenvalue weighted by Gasteiger charge is 2.50. The summed E-state index contributed by atoms with van der Waals surface area (Å²) in [5.41, 5.74) is -0.891. The molecule has 24 heavy (non-hydrogen) atoms. The zero-order valence-electron chi connectivity index (χ0n) is 13.6. The number of aliphatic hydroxyl groups is 1. The van der Waals surface area contributed by atoms with Crippen LogP contribution in [0.25, 0.3) is 0 Å². The molecule has 1 aliphatic carbocycles. The first kappa shape index (κ1) is 17.5. The van der Waals surface area contributed by atoms with Crippen LogP contribution < -0.4 is 5.32 Å². The molecule has 8 heteroatoms. The van der Waals surface area contributed by atoms with Gasteiger partial charge >= 0.3 is 6.18 Å². The number of rotatable bonds is 2. The van der Waals surface area contributed by atoms with Gasteiger partial charge in [0.25, 0.3) is 0 Å². The van der Waals surface area contributed by atoms with Gasteiger partial charge in [0.05, 0.1) is 12.8 Å². The first-order chi connectivity index (χ1) is 11.3. The average molecular weight is 347 g/mol. The van der Waals surface area contributed by atoms with Crippen molar-refractivity contribution in [1.29, 1.82) is 0 Å². The van der Waals surface area contributed by atoms with Crippen molar-refractivity contribution in [3.63, 3.8) is 0 Å². The number of hydrogen-bond donors (Lipinski definition) is 2. The summed E-state index contributed by atoms with van der Waals surface area (Å²) in [6, 6.07) is 0.111. The molecule has 2 aliphatic heterocycles. The molecule has 2 saturated heterocycles. The molecule has 2 N–H and O–H groups in total. The predicted molar refractivity (Wildman–Crippen MR) is 81.8 cm³/mol. The van der Waals surface area contributed by atoms with Gasteiger partial charge in [-0.15, -0.1) is 0 Å². The second kappa shape index (κ2) is 6.55. The zero-order valence-corrected chi connectivity index (χ0v) is 13.6. The highest BCUT2D eigenvalue weighted by atomic mass is 19.4. The number of amides is 1. The Hall–Kier alpha value is -1.28. The van der Waals surface area contributed by atoms with Crippen LogP contribution in [0, 0.1) is 0 Å². The smallest absolute Gasteiger partial charge is 0.391 e. The number of alkyl halides is 3. The minimum atomic E-state index is -4.39. The van der Waals surface area contributed by atoms with Crippen molar-refractivity contribution in [2.24, 2.45) is 0 Å². The maximum Gasteiger partial charge on any atom is 0.411 e. The Balaban J connectivity index is 1.68. The molecular formula is C16H24F3N3O2. The monoisotopic (exact) mass is 347 g/mol. The fourth-order valence-corrected chi connectivity index (χ4v) is 4.23. The van der Waals surface area contributed by atoms with Gasteiger partial charge in [-0.05, 0) is 25.7 Å². The molecule has 2 unspecified atom stereocenters. The van der Waals surface area contributed by atoms with Crippen LogP contribution >= 0.6 is 0 Å². The number of likely N-dealkylation sites (tertiary alicyclic amines) is 1. The van der Waals surface area contributed by atoms with Gasteiger partial charge in [0.15, 0.2) is 0 Å². The molecule has 3 rings (SSSR count). The molecule has 1 spiro atoms. The van der Waals surface area contributed by atoms with Gasteiger partial charge in [0, 0.05) is 31.4 Å². The van der Waals surface area contributed by atoms with Crippen molar-refractivity contribution >= 4 is 5.91 Å². The second-order valence-electron chi connectivity index (χ2n) is 6.98. The number of nitrogens with one attached hydrogen (secondary N) is 1. The molecule has 2 atom stereocenters. The first-order valence-corrected chi connectivity index (χ1v) is 8.55. The summed E-state index contributed by atoms with van der Waals surface area (Å²) in [6.07, 6.45) is 1.26. The summed E-state index contributed by atoms with van der Waals surface area (Å²) in [4.78, 5) is 16.0. The fraction of sp³-hybridized carbons (Fsp3) is 0.812. The molecule has 0 aromatic rings. The number of piperidine rings is 1. The van der Waals surface area contributed by atoms with Gasteiger partial charge in [-0.1, -0.05) is 12.8 Å². The lowest BCUT2D eigenvalue weighted by molar-refractivity contribution is -0.129. The number of hydrogen-bond acceptors (Lipinski definition) is 4. The van der Waals surface area contributed by atoms with Crippen LogP contribution in [-0.4, -0.2) is 64.4 Å². The Morgan fingerprint density at radius 2 is 1.88 bits per heavy atom. The number of carbonyl (C=O) groups excluding carboxylic acids is 1. The molecule has 1 saturated carbocycles. The minimum absolute atomic E-state index is 0.109. The Morgan fingerprint density at radius 3 is 2.50 bits per heavy atom. The van der Waals surface area contributed by atoms with Crippen LogP contribution in [0.3, 0.4) is 0 Å². The van der Waals surface area contributed by atoms with Crippen molar-refractivity contribution in [2.45, 2.75) is 62.4 Å². The third kappa shape index (κ3) is 3.39. The van der Waals surface area contributed by atoms with E-state index in [1.165, 1.54) is 4.90 Å². The molecule has 3 fully saturated rings. The number of carbonyl (C=O) groups is 1. The van der Waals surface area contributed by atoms with Crippen LogP contribution in [0.4, 0.5) is 13.2 Å². The highest BCUT2D eigenvalue weighted by Crippen LogP contribution is 2.35. The van der Waals surface area contributed by atoms with Crippen molar-refractivity contribution < 1.29 is 23.1 Å². The largest absolute Gasteiger partial charge is 0.411 e. The maximum absolute atomic E-state index is 12.5. The Kier molecular flexibility index (Phi) is 4.79. The van der Waals surface area contributed by atoms with Crippen LogP contribution in [-0.2, 0) is 4.79 Å². The summed E-state index contributed by atoms with van der Waals surface area (Å²) < 4.78 is 37.4. The van der Waals surface area contributed by atoms with E-state index in [0.717, 1.165) is 31.9 Å². The molecular weight excluding hydrogens is 323 g/mol. The van der Waals surface area contributed by atoms with Crippen molar-refractivity contribution in [1.82, 2.24) is 15.1 Å². The molecule has 0 aromatic carbocycles. The predicted octanol–water partition coefficient (Wildman–Crippen LogP) is 1.59.